The van der Waals surface area contributed by atoms with Crippen LogP contribution in [-0.4, -0.2) is 38.7 Å². The van der Waals surface area contributed by atoms with Crippen LogP contribution in [0.4, 0.5) is 0 Å². The lowest BCUT2D eigenvalue weighted by atomic mass is 9.92. The highest BCUT2D eigenvalue weighted by atomic mass is 16.5. The minimum Gasteiger partial charge on any atom is -0.497 e. The van der Waals surface area contributed by atoms with Gasteiger partial charge in [0.25, 0.3) is 5.91 Å². The SMILES string of the molecule is COc1ccc(C(=O)N2CCc3cc(OC)c(OC)cc3[C@@H]2C)cc1. The minimum absolute atomic E-state index is 0.0237. The van der Waals surface area contributed by atoms with Crippen LogP contribution in [0.2, 0.25) is 0 Å². The molecular weight excluding hydrogens is 318 g/mol. The Labute approximate surface area is 148 Å². The molecule has 5 nitrogen and oxygen atoms in total. The Bertz CT molecular complexity index is 770. The van der Waals surface area contributed by atoms with E-state index in [1.165, 1.54) is 5.56 Å². The van der Waals surface area contributed by atoms with Crippen LogP contribution in [0.3, 0.4) is 0 Å². The number of benzene rings is 2. The standard InChI is InChI=1S/C20H23NO4/c1-13-17-12-19(25-4)18(24-3)11-15(17)9-10-21(13)20(22)14-5-7-16(23-2)8-6-14/h5-8,11-13H,9-10H2,1-4H3/t13-/m0/s1. The molecular formula is C20H23NO4. The quantitative estimate of drug-likeness (QED) is 0.854. The third-order valence-corrected chi connectivity index (χ3v) is 4.78. The first-order chi connectivity index (χ1) is 12.1. The molecule has 2 aromatic rings. The van der Waals surface area contributed by atoms with Crippen LogP contribution < -0.4 is 14.2 Å². The number of hydrogen-bond acceptors (Lipinski definition) is 4. The van der Waals surface area contributed by atoms with Crippen LogP contribution in [-0.2, 0) is 6.42 Å². The molecule has 1 aliphatic rings. The second-order valence-electron chi connectivity index (χ2n) is 6.06. The van der Waals surface area contributed by atoms with Crippen molar-refractivity contribution >= 4 is 5.91 Å². The van der Waals surface area contributed by atoms with E-state index >= 15 is 0 Å². The van der Waals surface area contributed by atoms with Gasteiger partial charge < -0.3 is 19.1 Å². The molecule has 132 valence electrons. The van der Waals surface area contributed by atoms with E-state index in [-0.39, 0.29) is 11.9 Å². The Morgan fingerprint density at radius 1 is 1.00 bits per heavy atom. The van der Waals surface area contributed by atoms with Gasteiger partial charge in [-0.2, -0.15) is 0 Å². The zero-order chi connectivity index (χ0) is 18.0. The maximum atomic E-state index is 12.9. The molecule has 0 N–H and O–H groups in total. The largest absolute Gasteiger partial charge is 0.497 e. The Kier molecular flexibility index (Phi) is 4.83. The highest BCUT2D eigenvalue weighted by Crippen LogP contribution is 2.38. The van der Waals surface area contributed by atoms with Crippen molar-refractivity contribution in [2.24, 2.45) is 0 Å². The Hall–Kier alpha value is -2.69. The molecule has 1 aliphatic heterocycles. The van der Waals surface area contributed by atoms with Crippen molar-refractivity contribution in [2.75, 3.05) is 27.9 Å². The topological polar surface area (TPSA) is 48.0 Å². The van der Waals surface area contributed by atoms with Gasteiger partial charge in [0.1, 0.15) is 5.75 Å². The first-order valence-corrected chi connectivity index (χ1v) is 8.28. The van der Waals surface area contributed by atoms with E-state index in [1.807, 2.05) is 36.1 Å². The minimum atomic E-state index is -0.0295. The lowest BCUT2D eigenvalue weighted by Gasteiger charge is -2.36. The first kappa shape index (κ1) is 17.1. The van der Waals surface area contributed by atoms with Gasteiger partial charge in [-0.15, -0.1) is 0 Å². The number of ether oxygens (including phenoxy) is 3. The number of fused-ring (bicyclic) bond motifs is 1. The molecule has 0 fully saturated rings. The molecule has 1 amide bonds. The fourth-order valence-corrected chi connectivity index (χ4v) is 3.32. The predicted molar refractivity (Wildman–Crippen MR) is 95.7 cm³/mol. The van der Waals surface area contributed by atoms with Gasteiger partial charge >= 0.3 is 0 Å². The molecule has 5 heteroatoms. The van der Waals surface area contributed by atoms with Crippen LogP contribution >= 0.6 is 0 Å². The number of rotatable bonds is 4. The average Bonchev–Trinajstić information content (AvgIpc) is 2.67. The number of hydrogen-bond donors (Lipinski definition) is 0. The van der Waals surface area contributed by atoms with Crippen LogP contribution in [0.5, 0.6) is 17.2 Å². The highest BCUT2D eigenvalue weighted by Gasteiger charge is 2.29. The third-order valence-electron chi connectivity index (χ3n) is 4.78. The molecule has 0 radical (unpaired) electrons. The van der Waals surface area contributed by atoms with Gasteiger partial charge in [0, 0.05) is 12.1 Å². The zero-order valence-electron chi connectivity index (χ0n) is 15.0. The summed E-state index contributed by atoms with van der Waals surface area (Å²) in [4.78, 5) is 14.8. The summed E-state index contributed by atoms with van der Waals surface area (Å²) in [6, 6.07) is 11.2. The molecule has 0 unspecified atom stereocenters. The molecule has 3 rings (SSSR count). The lowest BCUT2D eigenvalue weighted by Crippen LogP contribution is -2.38. The van der Waals surface area contributed by atoms with E-state index in [1.54, 1.807) is 33.5 Å². The molecule has 0 aliphatic carbocycles. The fraction of sp³-hybridized carbons (Fsp3) is 0.350. The third kappa shape index (κ3) is 3.14. The van der Waals surface area contributed by atoms with E-state index in [0.717, 1.165) is 23.5 Å². The van der Waals surface area contributed by atoms with E-state index in [2.05, 4.69) is 0 Å². The Morgan fingerprint density at radius 3 is 2.24 bits per heavy atom. The van der Waals surface area contributed by atoms with Crippen molar-refractivity contribution in [3.63, 3.8) is 0 Å². The van der Waals surface area contributed by atoms with Gasteiger partial charge in [-0.05, 0) is 60.9 Å². The van der Waals surface area contributed by atoms with Gasteiger partial charge in [0.05, 0.1) is 27.4 Å². The van der Waals surface area contributed by atoms with Gasteiger partial charge in [0.2, 0.25) is 0 Å². The first-order valence-electron chi connectivity index (χ1n) is 8.28. The van der Waals surface area contributed by atoms with Crippen LogP contribution in [0.15, 0.2) is 36.4 Å². The summed E-state index contributed by atoms with van der Waals surface area (Å²) in [6.45, 7) is 2.72. The normalized spacial score (nSPS) is 16.2. The van der Waals surface area contributed by atoms with Crippen molar-refractivity contribution in [1.82, 2.24) is 4.90 Å². The second-order valence-corrected chi connectivity index (χ2v) is 6.06. The number of carbonyl (C=O) groups excluding carboxylic acids is 1. The second kappa shape index (κ2) is 7.05. The summed E-state index contributed by atoms with van der Waals surface area (Å²) in [5.41, 5.74) is 2.96. The average molecular weight is 341 g/mol. The molecule has 0 saturated heterocycles. The summed E-state index contributed by atoms with van der Waals surface area (Å²) < 4.78 is 16.0. The number of amides is 1. The van der Waals surface area contributed by atoms with Crippen molar-refractivity contribution in [2.45, 2.75) is 19.4 Å². The number of nitrogens with zero attached hydrogens (tertiary/aromatic N) is 1. The molecule has 0 saturated carbocycles. The molecule has 1 atom stereocenters. The monoisotopic (exact) mass is 341 g/mol. The van der Waals surface area contributed by atoms with Gasteiger partial charge in [-0.1, -0.05) is 0 Å². The molecule has 0 spiro atoms. The van der Waals surface area contributed by atoms with Gasteiger partial charge in [0.15, 0.2) is 11.5 Å². The smallest absolute Gasteiger partial charge is 0.254 e. The van der Waals surface area contributed by atoms with Gasteiger partial charge in [-0.3, -0.25) is 4.79 Å². The van der Waals surface area contributed by atoms with Crippen molar-refractivity contribution in [3.8, 4) is 17.2 Å². The number of methoxy groups -OCH3 is 3. The van der Waals surface area contributed by atoms with Crippen molar-refractivity contribution < 1.29 is 19.0 Å². The van der Waals surface area contributed by atoms with Crippen molar-refractivity contribution in [1.29, 1.82) is 0 Å². The maximum absolute atomic E-state index is 12.9. The molecule has 2 aromatic carbocycles. The molecule has 0 aromatic heterocycles. The van der Waals surface area contributed by atoms with Gasteiger partial charge in [-0.25, -0.2) is 0 Å². The predicted octanol–water partition coefficient (Wildman–Crippen LogP) is 3.47. The van der Waals surface area contributed by atoms with E-state index in [4.69, 9.17) is 14.2 Å². The molecule has 25 heavy (non-hydrogen) atoms. The zero-order valence-corrected chi connectivity index (χ0v) is 15.0. The summed E-state index contributed by atoms with van der Waals surface area (Å²) in [6.07, 6.45) is 0.794. The van der Waals surface area contributed by atoms with Crippen molar-refractivity contribution in [3.05, 3.63) is 53.1 Å². The highest BCUT2D eigenvalue weighted by molar-refractivity contribution is 5.94. The summed E-state index contributed by atoms with van der Waals surface area (Å²) in [7, 11) is 4.87. The Balaban J connectivity index is 1.89. The maximum Gasteiger partial charge on any atom is 0.254 e. The number of carbonyl (C=O) groups is 1. The van der Waals surface area contributed by atoms with E-state index in [9.17, 15) is 4.79 Å². The fourth-order valence-electron chi connectivity index (χ4n) is 3.32. The summed E-state index contributed by atoms with van der Waals surface area (Å²) in [5.74, 6) is 2.18. The van der Waals surface area contributed by atoms with Crippen LogP contribution in [0.25, 0.3) is 0 Å². The van der Waals surface area contributed by atoms with Crippen LogP contribution in [0.1, 0.15) is 34.5 Å². The van der Waals surface area contributed by atoms with E-state index in [0.29, 0.717) is 17.9 Å². The molecule has 1 heterocycles. The summed E-state index contributed by atoms with van der Waals surface area (Å²) in [5, 5.41) is 0. The molecule has 0 bridgehead atoms. The van der Waals surface area contributed by atoms with E-state index < -0.39 is 0 Å². The van der Waals surface area contributed by atoms with Crippen LogP contribution in [0, 0.1) is 0 Å². The Morgan fingerprint density at radius 2 is 1.64 bits per heavy atom. The summed E-state index contributed by atoms with van der Waals surface area (Å²) >= 11 is 0. The lowest BCUT2D eigenvalue weighted by molar-refractivity contribution is 0.0677.